The summed E-state index contributed by atoms with van der Waals surface area (Å²) in [6, 6.07) is 0. The topological polar surface area (TPSA) is 38.8 Å². The van der Waals surface area contributed by atoms with E-state index in [9.17, 15) is 4.79 Å². The highest BCUT2D eigenvalue weighted by Crippen LogP contribution is 2.30. The molecule has 2 unspecified atom stereocenters. The van der Waals surface area contributed by atoms with E-state index in [-0.39, 0.29) is 17.0 Å². The van der Waals surface area contributed by atoms with Gasteiger partial charge in [0.15, 0.2) is 0 Å². The minimum absolute atomic E-state index is 0.106. The largest absolute Gasteiger partial charge is 0.444 e. The van der Waals surface area contributed by atoms with Gasteiger partial charge in [0, 0.05) is 6.54 Å². The molecule has 0 aromatic rings. The second-order valence-corrected chi connectivity index (χ2v) is 6.95. The van der Waals surface area contributed by atoms with Gasteiger partial charge in [-0.15, -0.1) is 0 Å². The first kappa shape index (κ1) is 13.1. The van der Waals surface area contributed by atoms with Crippen molar-refractivity contribution < 1.29 is 14.3 Å². The number of carbonyl (C=O) groups is 1. The Morgan fingerprint density at radius 2 is 1.94 bits per heavy atom. The van der Waals surface area contributed by atoms with E-state index in [1.54, 1.807) is 4.90 Å². The Bertz CT molecular complexity index is 299. The van der Waals surface area contributed by atoms with Crippen LogP contribution < -0.4 is 0 Å². The predicted molar refractivity (Wildman–Crippen MR) is 68.4 cm³/mol. The van der Waals surface area contributed by atoms with Gasteiger partial charge >= 0.3 is 6.09 Å². The Hall–Kier alpha value is -0.290. The van der Waals surface area contributed by atoms with Crippen LogP contribution in [0.1, 0.15) is 33.6 Å². The van der Waals surface area contributed by atoms with Crippen molar-refractivity contribution >= 4 is 22.0 Å². The van der Waals surface area contributed by atoms with E-state index in [1.165, 1.54) is 0 Å². The molecule has 2 aliphatic rings. The van der Waals surface area contributed by atoms with E-state index in [4.69, 9.17) is 9.47 Å². The number of likely N-dealkylation sites (tertiary alicyclic amines) is 1. The molecular formula is C12H20BrNO3. The lowest BCUT2D eigenvalue weighted by molar-refractivity contribution is 0.0186. The van der Waals surface area contributed by atoms with Crippen molar-refractivity contribution in [3.63, 3.8) is 0 Å². The fourth-order valence-electron chi connectivity index (χ4n) is 1.79. The number of halogens is 1. The molecule has 2 fully saturated rings. The molecule has 1 aliphatic heterocycles. The van der Waals surface area contributed by atoms with Gasteiger partial charge < -0.3 is 14.4 Å². The van der Waals surface area contributed by atoms with Crippen LogP contribution in [0.5, 0.6) is 0 Å². The summed E-state index contributed by atoms with van der Waals surface area (Å²) in [6.07, 6.45) is 2.59. The normalized spacial score (nSPS) is 29.5. The molecule has 0 aromatic carbocycles. The summed E-state index contributed by atoms with van der Waals surface area (Å²) < 4.78 is 11.2. The van der Waals surface area contributed by atoms with E-state index in [0.717, 1.165) is 12.8 Å². The molecule has 0 bridgehead atoms. The Labute approximate surface area is 111 Å². The van der Waals surface area contributed by atoms with Crippen LogP contribution in [0.25, 0.3) is 0 Å². The molecule has 17 heavy (non-hydrogen) atoms. The van der Waals surface area contributed by atoms with Crippen molar-refractivity contribution in [3.8, 4) is 0 Å². The molecular weight excluding hydrogens is 286 g/mol. The molecule has 4 nitrogen and oxygen atoms in total. The molecule has 0 spiro atoms. The third-order valence-corrected chi connectivity index (χ3v) is 3.62. The van der Waals surface area contributed by atoms with Crippen LogP contribution in [0.4, 0.5) is 4.79 Å². The van der Waals surface area contributed by atoms with Gasteiger partial charge in [0.25, 0.3) is 0 Å². The number of nitrogens with zero attached hydrogens (tertiary/aromatic N) is 1. The lowest BCUT2D eigenvalue weighted by atomic mass is 10.2. The number of hydrogen-bond acceptors (Lipinski definition) is 3. The molecule has 1 heterocycles. The Balaban J connectivity index is 1.84. The molecule has 1 saturated heterocycles. The van der Waals surface area contributed by atoms with E-state index < -0.39 is 5.60 Å². The first-order valence-corrected chi connectivity index (χ1v) is 7.04. The van der Waals surface area contributed by atoms with Crippen molar-refractivity contribution in [2.75, 3.05) is 13.1 Å². The van der Waals surface area contributed by atoms with Crippen LogP contribution in [0.3, 0.4) is 0 Å². The third kappa shape index (κ3) is 3.85. The Kier molecular flexibility index (Phi) is 3.69. The van der Waals surface area contributed by atoms with Gasteiger partial charge in [-0.1, -0.05) is 15.9 Å². The molecule has 0 radical (unpaired) electrons. The monoisotopic (exact) mass is 305 g/mol. The van der Waals surface area contributed by atoms with E-state index in [2.05, 4.69) is 15.9 Å². The molecule has 2 atom stereocenters. The average molecular weight is 306 g/mol. The summed E-state index contributed by atoms with van der Waals surface area (Å²) in [5.74, 6) is 0. The molecule has 98 valence electrons. The summed E-state index contributed by atoms with van der Waals surface area (Å²) in [6.45, 7) is 6.92. The summed E-state index contributed by atoms with van der Waals surface area (Å²) >= 11 is 3.57. The van der Waals surface area contributed by atoms with Crippen molar-refractivity contribution in [1.29, 1.82) is 0 Å². The van der Waals surface area contributed by atoms with Gasteiger partial charge in [-0.25, -0.2) is 4.79 Å². The van der Waals surface area contributed by atoms with Crippen LogP contribution >= 0.6 is 15.9 Å². The van der Waals surface area contributed by atoms with Crippen molar-refractivity contribution in [2.24, 2.45) is 0 Å². The van der Waals surface area contributed by atoms with E-state index >= 15 is 0 Å². The van der Waals surface area contributed by atoms with Gasteiger partial charge in [-0.05, 0) is 33.6 Å². The zero-order valence-electron chi connectivity index (χ0n) is 10.6. The summed E-state index contributed by atoms with van der Waals surface area (Å²) in [4.78, 5) is 13.8. The number of amides is 1. The first-order chi connectivity index (χ1) is 7.85. The smallest absolute Gasteiger partial charge is 0.410 e. The molecule has 5 heteroatoms. The minimum atomic E-state index is -0.436. The van der Waals surface area contributed by atoms with E-state index in [1.807, 2.05) is 20.8 Å². The lowest BCUT2D eigenvalue weighted by Gasteiger charge is -2.24. The molecule has 0 aromatic heterocycles. The van der Waals surface area contributed by atoms with Gasteiger partial charge in [-0.2, -0.15) is 0 Å². The quantitative estimate of drug-likeness (QED) is 0.736. The second kappa shape index (κ2) is 4.76. The number of carbonyl (C=O) groups excluding carboxylic acids is 1. The highest BCUT2D eigenvalue weighted by molar-refractivity contribution is 9.09. The Morgan fingerprint density at radius 3 is 2.47 bits per heavy atom. The van der Waals surface area contributed by atoms with Crippen LogP contribution in [0.15, 0.2) is 0 Å². The fourth-order valence-corrected chi connectivity index (χ4v) is 2.43. The molecule has 2 rings (SSSR count). The van der Waals surface area contributed by atoms with Gasteiger partial charge in [0.1, 0.15) is 5.60 Å². The second-order valence-electron chi connectivity index (χ2n) is 5.78. The standard InChI is InChI=1S/C12H20BrNO3/c1-12(2,3)17-11(15)14-6-9(13)10(7-14)16-8-4-5-8/h8-10H,4-7H2,1-3H3. The average Bonchev–Trinajstić information content (AvgIpc) is 2.89. The van der Waals surface area contributed by atoms with Crippen LogP contribution in [-0.4, -0.2) is 46.7 Å². The number of alkyl halides is 1. The molecule has 1 amide bonds. The van der Waals surface area contributed by atoms with Crippen LogP contribution in [0, 0.1) is 0 Å². The molecule has 0 N–H and O–H groups in total. The first-order valence-electron chi connectivity index (χ1n) is 6.12. The third-order valence-electron chi connectivity index (χ3n) is 2.74. The number of hydrogen-bond donors (Lipinski definition) is 0. The number of ether oxygens (including phenoxy) is 2. The maximum atomic E-state index is 11.9. The summed E-state index contributed by atoms with van der Waals surface area (Å²) in [5.41, 5.74) is -0.436. The van der Waals surface area contributed by atoms with Gasteiger partial charge in [-0.3, -0.25) is 0 Å². The lowest BCUT2D eigenvalue weighted by Crippen LogP contribution is -2.36. The van der Waals surface area contributed by atoms with Crippen molar-refractivity contribution in [1.82, 2.24) is 4.90 Å². The molecule has 1 aliphatic carbocycles. The fraction of sp³-hybridized carbons (Fsp3) is 0.917. The summed E-state index contributed by atoms with van der Waals surface area (Å²) in [7, 11) is 0. The zero-order chi connectivity index (χ0) is 12.6. The van der Waals surface area contributed by atoms with E-state index in [0.29, 0.717) is 19.2 Å². The highest BCUT2D eigenvalue weighted by Gasteiger charge is 2.39. The SMILES string of the molecule is CC(C)(C)OC(=O)N1CC(Br)C(OC2CC2)C1. The minimum Gasteiger partial charge on any atom is -0.444 e. The van der Waals surface area contributed by atoms with Gasteiger partial charge in [0.05, 0.1) is 23.6 Å². The van der Waals surface area contributed by atoms with Crippen molar-refractivity contribution in [2.45, 2.75) is 56.2 Å². The van der Waals surface area contributed by atoms with Crippen LogP contribution in [0.2, 0.25) is 0 Å². The van der Waals surface area contributed by atoms with Crippen LogP contribution in [-0.2, 0) is 9.47 Å². The maximum absolute atomic E-state index is 11.9. The predicted octanol–water partition coefficient (Wildman–Crippen LogP) is 2.55. The van der Waals surface area contributed by atoms with Gasteiger partial charge in [0.2, 0.25) is 0 Å². The zero-order valence-corrected chi connectivity index (χ0v) is 12.2. The molecule has 1 saturated carbocycles. The maximum Gasteiger partial charge on any atom is 0.410 e. The highest BCUT2D eigenvalue weighted by atomic mass is 79.9. The number of rotatable bonds is 2. The Morgan fingerprint density at radius 1 is 1.29 bits per heavy atom. The summed E-state index contributed by atoms with van der Waals surface area (Å²) in [5, 5.41) is 0. The van der Waals surface area contributed by atoms with Crippen molar-refractivity contribution in [3.05, 3.63) is 0 Å².